The SMILES string of the molecule is CC1C(N)CCCC1C(=O)N(CCO)CCO. The molecule has 1 rings (SSSR count). The third-order valence-corrected chi connectivity index (χ3v) is 3.73. The molecule has 1 saturated carbocycles. The maximum Gasteiger partial charge on any atom is 0.226 e. The first-order valence-corrected chi connectivity index (χ1v) is 6.38. The number of hydrogen-bond donors (Lipinski definition) is 3. The molecule has 1 fully saturated rings. The van der Waals surface area contributed by atoms with Crippen LogP contribution >= 0.6 is 0 Å². The van der Waals surface area contributed by atoms with Gasteiger partial charge in [0.2, 0.25) is 5.91 Å². The summed E-state index contributed by atoms with van der Waals surface area (Å²) in [5.74, 6) is 0.142. The summed E-state index contributed by atoms with van der Waals surface area (Å²) in [6, 6.07) is 0.0859. The fraction of sp³-hybridized carbons (Fsp3) is 0.917. The van der Waals surface area contributed by atoms with Gasteiger partial charge in [-0.3, -0.25) is 4.79 Å². The monoisotopic (exact) mass is 244 g/mol. The van der Waals surface area contributed by atoms with E-state index in [2.05, 4.69) is 0 Å². The fourth-order valence-corrected chi connectivity index (χ4v) is 2.55. The first-order chi connectivity index (χ1) is 8.11. The molecule has 0 bridgehead atoms. The number of aliphatic hydroxyl groups excluding tert-OH is 2. The molecule has 0 radical (unpaired) electrons. The molecule has 3 unspecified atom stereocenters. The molecule has 0 aliphatic heterocycles. The molecule has 0 saturated heterocycles. The lowest BCUT2D eigenvalue weighted by Crippen LogP contribution is -2.47. The van der Waals surface area contributed by atoms with Gasteiger partial charge in [-0.05, 0) is 18.8 Å². The Hall–Kier alpha value is -0.650. The standard InChI is InChI=1S/C12H24N2O3/c1-9-10(3-2-4-11(9)13)12(17)14(5-7-15)6-8-16/h9-11,15-16H,2-8,13H2,1H3. The van der Waals surface area contributed by atoms with Crippen molar-refractivity contribution in [3.63, 3.8) is 0 Å². The van der Waals surface area contributed by atoms with E-state index < -0.39 is 0 Å². The quantitative estimate of drug-likeness (QED) is 0.612. The zero-order valence-corrected chi connectivity index (χ0v) is 10.5. The molecule has 5 heteroatoms. The van der Waals surface area contributed by atoms with Gasteiger partial charge in [0.05, 0.1) is 13.2 Å². The molecule has 4 N–H and O–H groups in total. The molecule has 1 amide bonds. The van der Waals surface area contributed by atoms with Gasteiger partial charge in [0.1, 0.15) is 0 Å². The molecule has 3 atom stereocenters. The van der Waals surface area contributed by atoms with E-state index >= 15 is 0 Å². The molecule has 0 spiro atoms. The summed E-state index contributed by atoms with van der Waals surface area (Å²) in [7, 11) is 0. The summed E-state index contributed by atoms with van der Waals surface area (Å²) in [5.41, 5.74) is 5.98. The Kier molecular flexibility index (Phi) is 5.88. The summed E-state index contributed by atoms with van der Waals surface area (Å²) in [5, 5.41) is 17.9. The van der Waals surface area contributed by atoms with Crippen LogP contribution in [0.3, 0.4) is 0 Å². The molecule has 0 aromatic heterocycles. The van der Waals surface area contributed by atoms with E-state index in [9.17, 15) is 4.79 Å². The Morgan fingerprint density at radius 3 is 2.41 bits per heavy atom. The molecule has 0 aromatic rings. The Morgan fingerprint density at radius 1 is 1.29 bits per heavy atom. The summed E-state index contributed by atoms with van der Waals surface area (Å²) >= 11 is 0. The number of rotatable bonds is 5. The predicted octanol–water partition coefficient (Wildman–Crippen LogP) is -0.437. The molecule has 5 nitrogen and oxygen atoms in total. The van der Waals surface area contributed by atoms with Crippen LogP contribution in [0.4, 0.5) is 0 Å². The smallest absolute Gasteiger partial charge is 0.226 e. The van der Waals surface area contributed by atoms with Crippen molar-refractivity contribution in [2.45, 2.75) is 32.2 Å². The van der Waals surface area contributed by atoms with Gasteiger partial charge in [-0.2, -0.15) is 0 Å². The Balaban J connectivity index is 2.64. The van der Waals surface area contributed by atoms with Crippen molar-refractivity contribution in [1.29, 1.82) is 0 Å². The van der Waals surface area contributed by atoms with Crippen LogP contribution in [-0.2, 0) is 4.79 Å². The molecule has 1 aliphatic carbocycles. The first kappa shape index (κ1) is 14.4. The van der Waals surface area contributed by atoms with E-state index in [-0.39, 0.29) is 50.1 Å². The van der Waals surface area contributed by atoms with Crippen LogP contribution in [0.5, 0.6) is 0 Å². The van der Waals surface area contributed by atoms with E-state index in [0.717, 1.165) is 19.3 Å². The van der Waals surface area contributed by atoms with Crippen molar-refractivity contribution in [3.8, 4) is 0 Å². The minimum absolute atomic E-state index is 0.0238. The normalized spacial score (nSPS) is 29.1. The van der Waals surface area contributed by atoms with E-state index in [1.165, 1.54) is 0 Å². The number of carbonyl (C=O) groups is 1. The van der Waals surface area contributed by atoms with Gasteiger partial charge in [0.25, 0.3) is 0 Å². The topological polar surface area (TPSA) is 86.8 Å². The number of amides is 1. The van der Waals surface area contributed by atoms with Crippen LogP contribution < -0.4 is 5.73 Å². The summed E-state index contributed by atoms with van der Waals surface area (Å²) < 4.78 is 0. The van der Waals surface area contributed by atoms with Gasteiger partial charge < -0.3 is 20.8 Å². The van der Waals surface area contributed by atoms with Crippen LogP contribution in [0.1, 0.15) is 26.2 Å². The number of hydrogen-bond acceptors (Lipinski definition) is 4. The Morgan fingerprint density at radius 2 is 1.88 bits per heavy atom. The second-order valence-corrected chi connectivity index (χ2v) is 4.83. The number of aliphatic hydroxyl groups is 2. The van der Waals surface area contributed by atoms with Crippen LogP contribution in [-0.4, -0.2) is 53.4 Å². The summed E-state index contributed by atoms with van der Waals surface area (Å²) in [6.45, 7) is 2.45. The van der Waals surface area contributed by atoms with Crippen molar-refractivity contribution >= 4 is 5.91 Å². The lowest BCUT2D eigenvalue weighted by molar-refractivity contribution is -0.139. The van der Waals surface area contributed by atoms with E-state index in [1.807, 2.05) is 6.92 Å². The largest absolute Gasteiger partial charge is 0.395 e. The van der Waals surface area contributed by atoms with Gasteiger partial charge >= 0.3 is 0 Å². The third-order valence-electron chi connectivity index (χ3n) is 3.73. The predicted molar refractivity (Wildman–Crippen MR) is 65.2 cm³/mol. The van der Waals surface area contributed by atoms with Gasteiger partial charge in [0.15, 0.2) is 0 Å². The van der Waals surface area contributed by atoms with Crippen molar-refractivity contribution in [2.75, 3.05) is 26.3 Å². The van der Waals surface area contributed by atoms with E-state index in [1.54, 1.807) is 4.90 Å². The van der Waals surface area contributed by atoms with Crippen molar-refractivity contribution in [2.24, 2.45) is 17.6 Å². The molecular weight excluding hydrogens is 220 g/mol. The van der Waals surface area contributed by atoms with Gasteiger partial charge in [-0.15, -0.1) is 0 Å². The summed E-state index contributed by atoms with van der Waals surface area (Å²) in [6.07, 6.45) is 2.82. The van der Waals surface area contributed by atoms with Crippen LogP contribution in [0.15, 0.2) is 0 Å². The highest BCUT2D eigenvalue weighted by molar-refractivity contribution is 5.79. The number of nitrogens with zero attached hydrogens (tertiary/aromatic N) is 1. The molecule has 100 valence electrons. The Bertz CT molecular complexity index is 242. The number of carbonyl (C=O) groups excluding carboxylic acids is 1. The highest BCUT2D eigenvalue weighted by atomic mass is 16.3. The molecule has 1 aliphatic rings. The van der Waals surface area contributed by atoms with Crippen molar-refractivity contribution in [1.82, 2.24) is 4.90 Å². The van der Waals surface area contributed by atoms with Crippen molar-refractivity contribution < 1.29 is 15.0 Å². The summed E-state index contributed by atoms with van der Waals surface area (Å²) in [4.78, 5) is 13.8. The highest BCUT2D eigenvalue weighted by Gasteiger charge is 2.34. The average molecular weight is 244 g/mol. The molecule has 17 heavy (non-hydrogen) atoms. The number of nitrogens with two attached hydrogens (primary N) is 1. The minimum Gasteiger partial charge on any atom is -0.395 e. The molecular formula is C12H24N2O3. The van der Waals surface area contributed by atoms with Crippen LogP contribution in [0.2, 0.25) is 0 Å². The first-order valence-electron chi connectivity index (χ1n) is 6.38. The van der Waals surface area contributed by atoms with E-state index in [4.69, 9.17) is 15.9 Å². The average Bonchev–Trinajstić information content (AvgIpc) is 2.31. The molecule has 0 aromatic carbocycles. The maximum atomic E-state index is 12.3. The second-order valence-electron chi connectivity index (χ2n) is 4.83. The van der Waals surface area contributed by atoms with Crippen molar-refractivity contribution in [3.05, 3.63) is 0 Å². The van der Waals surface area contributed by atoms with Crippen LogP contribution in [0, 0.1) is 11.8 Å². The minimum atomic E-state index is -0.0705. The lowest BCUT2D eigenvalue weighted by atomic mass is 9.76. The zero-order valence-electron chi connectivity index (χ0n) is 10.5. The zero-order chi connectivity index (χ0) is 12.8. The highest BCUT2D eigenvalue weighted by Crippen LogP contribution is 2.30. The second kappa shape index (κ2) is 6.93. The van der Waals surface area contributed by atoms with Crippen LogP contribution in [0.25, 0.3) is 0 Å². The van der Waals surface area contributed by atoms with E-state index in [0.29, 0.717) is 0 Å². The maximum absolute atomic E-state index is 12.3. The molecule has 0 heterocycles. The van der Waals surface area contributed by atoms with Gasteiger partial charge in [0, 0.05) is 25.0 Å². The van der Waals surface area contributed by atoms with Gasteiger partial charge in [-0.1, -0.05) is 13.3 Å². The lowest BCUT2D eigenvalue weighted by Gasteiger charge is -2.36. The van der Waals surface area contributed by atoms with Gasteiger partial charge in [-0.25, -0.2) is 0 Å². The fourth-order valence-electron chi connectivity index (χ4n) is 2.55. The third kappa shape index (κ3) is 3.66. The Labute approximate surface area is 103 Å².